The predicted octanol–water partition coefficient (Wildman–Crippen LogP) is 0.863. The molecule has 0 aliphatic carbocycles. The molecule has 1 atom stereocenters. The fourth-order valence-corrected chi connectivity index (χ4v) is 0.866. The molecule has 1 aromatic rings. The molecule has 0 aliphatic rings. The van der Waals surface area contributed by atoms with E-state index in [9.17, 15) is 9.18 Å². The van der Waals surface area contributed by atoms with E-state index in [4.69, 9.17) is 5.26 Å². The van der Waals surface area contributed by atoms with Gasteiger partial charge in [-0.1, -0.05) is 0 Å². The van der Waals surface area contributed by atoms with Crippen LogP contribution in [0.25, 0.3) is 0 Å². The first-order valence-electron chi connectivity index (χ1n) is 3.95. The quantitative estimate of drug-likeness (QED) is 0.757. The molecule has 0 bridgehead atoms. The van der Waals surface area contributed by atoms with Crippen LogP contribution in [0, 0.1) is 17.1 Å². The first-order chi connectivity index (χ1) is 6.65. The average molecular weight is 193 g/mol. The fourth-order valence-electron chi connectivity index (χ4n) is 0.866. The lowest BCUT2D eigenvalue weighted by Gasteiger charge is -2.06. The Morgan fingerprint density at radius 1 is 1.79 bits per heavy atom. The zero-order valence-electron chi connectivity index (χ0n) is 7.49. The van der Waals surface area contributed by atoms with E-state index in [2.05, 4.69) is 10.3 Å². The molecule has 4 nitrogen and oxygen atoms in total. The van der Waals surface area contributed by atoms with Crippen molar-refractivity contribution in [2.24, 2.45) is 0 Å². The number of hydrogen-bond donors (Lipinski definition) is 1. The van der Waals surface area contributed by atoms with Crippen molar-refractivity contribution in [2.75, 3.05) is 0 Å². The van der Waals surface area contributed by atoms with E-state index in [1.807, 2.05) is 6.07 Å². The van der Waals surface area contributed by atoms with Gasteiger partial charge in [0.15, 0.2) is 5.82 Å². The zero-order valence-corrected chi connectivity index (χ0v) is 7.49. The molecular formula is C9H8FN3O. The summed E-state index contributed by atoms with van der Waals surface area (Å²) in [7, 11) is 0. The van der Waals surface area contributed by atoms with Crippen LogP contribution in [0.1, 0.15) is 17.3 Å². The van der Waals surface area contributed by atoms with E-state index < -0.39 is 17.8 Å². The number of nitrogens with zero attached hydrogens (tertiary/aromatic N) is 2. The SMILES string of the molecule is CC(C#N)NC(=O)c1ccncc1F. The summed E-state index contributed by atoms with van der Waals surface area (Å²) in [5.74, 6) is -1.31. The number of amides is 1. The van der Waals surface area contributed by atoms with Crippen molar-refractivity contribution in [3.63, 3.8) is 0 Å². The Balaban J connectivity index is 2.81. The second-order valence-electron chi connectivity index (χ2n) is 2.68. The average Bonchev–Trinajstić information content (AvgIpc) is 2.18. The Labute approximate surface area is 80.4 Å². The molecule has 0 fully saturated rings. The number of halogens is 1. The third-order valence-corrected chi connectivity index (χ3v) is 1.56. The Kier molecular flexibility index (Phi) is 3.13. The number of hydrogen-bond acceptors (Lipinski definition) is 3. The highest BCUT2D eigenvalue weighted by atomic mass is 19.1. The zero-order chi connectivity index (χ0) is 10.6. The highest BCUT2D eigenvalue weighted by Gasteiger charge is 2.12. The topological polar surface area (TPSA) is 65.8 Å². The lowest BCUT2D eigenvalue weighted by atomic mass is 10.2. The molecule has 1 N–H and O–H groups in total. The van der Waals surface area contributed by atoms with Crippen LogP contribution in [-0.2, 0) is 0 Å². The van der Waals surface area contributed by atoms with E-state index in [0.717, 1.165) is 6.20 Å². The number of carbonyl (C=O) groups is 1. The van der Waals surface area contributed by atoms with Crippen LogP contribution in [0.3, 0.4) is 0 Å². The van der Waals surface area contributed by atoms with Crippen LogP contribution in [0.4, 0.5) is 4.39 Å². The summed E-state index contributed by atoms with van der Waals surface area (Å²) in [6.07, 6.45) is 2.26. The Hall–Kier alpha value is -1.96. The molecule has 0 saturated carbocycles. The Morgan fingerprint density at radius 2 is 2.50 bits per heavy atom. The molecule has 1 amide bonds. The molecule has 0 aromatic carbocycles. The summed E-state index contributed by atoms with van der Waals surface area (Å²) in [6.45, 7) is 1.51. The maximum Gasteiger partial charge on any atom is 0.255 e. The first kappa shape index (κ1) is 10.1. The van der Waals surface area contributed by atoms with Crippen molar-refractivity contribution in [1.82, 2.24) is 10.3 Å². The highest BCUT2D eigenvalue weighted by Crippen LogP contribution is 2.03. The van der Waals surface area contributed by atoms with Gasteiger partial charge in [-0.05, 0) is 13.0 Å². The number of pyridine rings is 1. The molecule has 5 heteroatoms. The minimum Gasteiger partial charge on any atom is -0.336 e. The van der Waals surface area contributed by atoms with Crippen LogP contribution in [0.5, 0.6) is 0 Å². The second kappa shape index (κ2) is 4.33. The predicted molar refractivity (Wildman–Crippen MR) is 46.7 cm³/mol. The lowest BCUT2D eigenvalue weighted by Crippen LogP contribution is -2.31. The van der Waals surface area contributed by atoms with Crippen molar-refractivity contribution in [1.29, 1.82) is 5.26 Å². The number of nitrogens with one attached hydrogen (secondary N) is 1. The molecule has 1 unspecified atom stereocenters. The Bertz CT molecular complexity index is 386. The molecular weight excluding hydrogens is 185 g/mol. The molecule has 1 heterocycles. The van der Waals surface area contributed by atoms with Gasteiger partial charge in [0.2, 0.25) is 0 Å². The van der Waals surface area contributed by atoms with Crippen LogP contribution in [0.15, 0.2) is 18.5 Å². The molecule has 0 aliphatic heterocycles. The van der Waals surface area contributed by atoms with Gasteiger partial charge in [-0.2, -0.15) is 5.26 Å². The van der Waals surface area contributed by atoms with Crippen molar-refractivity contribution in [3.05, 3.63) is 29.8 Å². The molecule has 0 spiro atoms. The number of aromatic nitrogens is 1. The normalized spacial score (nSPS) is 11.5. The monoisotopic (exact) mass is 193 g/mol. The van der Waals surface area contributed by atoms with Crippen molar-refractivity contribution < 1.29 is 9.18 Å². The van der Waals surface area contributed by atoms with Crippen LogP contribution in [-0.4, -0.2) is 16.9 Å². The Morgan fingerprint density at radius 3 is 3.07 bits per heavy atom. The first-order valence-corrected chi connectivity index (χ1v) is 3.95. The minimum absolute atomic E-state index is 0.109. The van der Waals surface area contributed by atoms with E-state index in [-0.39, 0.29) is 5.56 Å². The summed E-state index contributed by atoms with van der Waals surface area (Å²) in [5.41, 5.74) is -0.109. The van der Waals surface area contributed by atoms with E-state index >= 15 is 0 Å². The van der Waals surface area contributed by atoms with Crippen LogP contribution in [0.2, 0.25) is 0 Å². The standard InChI is InChI=1S/C9H8FN3O/c1-6(4-11)13-9(14)7-2-3-12-5-8(7)10/h2-3,5-6H,1H3,(H,13,14). The molecule has 72 valence electrons. The third kappa shape index (κ3) is 2.26. The molecule has 1 rings (SSSR count). The number of carbonyl (C=O) groups excluding carboxylic acids is 1. The van der Waals surface area contributed by atoms with Gasteiger partial charge in [0.1, 0.15) is 6.04 Å². The van der Waals surface area contributed by atoms with Crippen LogP contribution < -0.4 is 5.32 Å². The molecule has 0 radical (unpaired) electrons. The largest absolute Gasteiger partial charge is 0.336 e. The summed E-state index contributed by atoms with van der Waals surface area (Å²) in [4.78, 5) is 14.8. The second-order valence-corrected chi connectivity index (χ2v) is 2.68. The van der Waals surface area contributed by atoms with E-state index in [0.29, 0.717) is 0 Å². The molecule has 1 aromatic heterocycles. The van der Waals surface area contributed by atoms with Gasteiger partial charge in [0.25, 0.3) is 5.91 Å². The number of nitriles is 1. The van der Waals surface area contributed by atoms with Crippen molar-refractivity contribution in [3.8, 4) is 6.07 Å². The van der Waals surface area contributed by atoms with Gasteiger partial charge in [0, 0.05) is 6.20 Å². The highest BCUT2D eigenvalue weighted by molar-refractivity contribution is 5.94. The fraction of sp³-hybridized carbons (Fsp3) is 0.222. The third-order valence-electron chi connectivity index (χ3n) is 1.56. The molecule has 14 heavy (non-hydrogen) atoms. The maximum atomic E-state index is 13.0. The summed E-state index contributed by atoms with van der Waals surface area (Å²) >= 11 is 0. The van der Waals surface area contributed by atoms with Crippen molar-refractivity contribution in [2.45, 2.75) is 13.0 Å². The van der Waals surface area contributed by atoms with E-state index in [1.54, 1.807) is 0 Å². The van der Waals surface area contributed by atoms with Gasteiger partial charge in [-0.3, -0.25) is 9.78 Å². The van der Waals surface area contributed by atoms with Gasteiger partial charge in [-0.25, -0.2) is 4.39 Å². The smallest absolute Gasteiger partial charge is 0.255 e. The summed E-state index contributed by atoms with van der Waals surface area (Å²) in [5, 5.41) is 10.7. The van der Waals surface area contributed by atoms with Crippen LogP contribution >= 0.6 is 0 Å². The minimum atomic E-state index is -0.699. The van der Waals surface area contributed by atoms with Gasteiger partial charge < -0.3 is 5.32 Å². The molecule has 0 saturated heterocycles. The van der Waals surface area contributed by atoms with Gasteiger partial charge >= 0.3 is 0 Å². The summed E-state index contributed by atoms with van der Waals surface area (Å²) in [6, 6.07) is 2.43. The van der Waals surface area contributed by atoms with Gasteiger partial charge in [-0.15, -0.1) is 0 Å². The van der Waals surface area contributed by atoms with E-state index in [1.165, 1.54) is 19.2 Å². The van der Waals surface area contributed by atoms with Gasteiger partial charge in [0.05, 0.1) is 17.8 Å². The number of rotatable bonds is 2. The maximum absolute atomic E-state index is 13.0. The van der Waals surface area contributed by atoms with Crippen molar-refractivity contribution >= 4 is 5.91 Å². The summed E-state index contributed by atoms with van der Waals surface area (Å²) < 4.78 is 13.0. The lowest BCUT2D eigenvalue weighted by molar-refractivity contribution is 0.0943.